The van der Waals surface area contributed by atoms with E-state index >= 15 is 0 Å². The number of hydrogen-bond donors (Lipinski definition) is 0. The van der Waals surface area contributed by atoms with Crippen LogP contribution in [0.2, 0.25) is 0 Å². The Bertz CT molecular complexity index is 472. The van der Waals surface area contributed by atoms with E-state index < -0.39 is 10.0 Å². The lowest BCUT2D eigenvalue weighted by atomic mass is 9.89. The summed E-state index contributed by atoms with van der Waals surface area (Å²) < 4.78 is 26.5. The van der Waals surface area contributed by atoms with E-state index in [1.807, 2.05) is 4.31 Å². The van der Waals surface area contributed by atoms with Crippen molar-refractivity contribution in [1.29, 1.82) is 0 Å². The van der Waals surface area contributed by atoms with E-state index in [2.05, 4.69) is 9.80 Å². The van der Waals surface area contributed by atoms with Crippen LogP contribution in [0.25, 0.3) is 0 Å². The van der Waals surface area contributed by atoms with Crippen LogP contribution in [0, 0.1) is 0 Å². The van der Waals surface area contributed by atoms with Crippen LogP contribution in [0.3, 0.4) is 0 Å². The molecule has 0 amide bonds. The van der Waals surface area contributed by atoms with Crippen molar-refractivity contribution in [2.75, 3.05) is 45.5 Å². The van der Waals surface area contributed by atoms with Crippen molar-refractivity contribution in [1.82, 2.24) is 14.1 Å². The minimum atomic E-state index is -3.12. The number of hydrogen-bond acceptors (Lipinski definition) is 4. The summed E-state index contributed by atoms with van der Waals surface area (Å²) in [5, 5.41) is 0. The van der Waals surface area contributed by atoms with E-state index in [1.54, 1.807) is 0 Å². The summed E-state index contributed by atoms with van der Waals surface area (Å²) in [6.45, 7) is 5.94. The number of piperidine rings is 2. The quantitative estimate of drug-likeness (QED) is 0.737. The Kier molecular flexibility index (Phi) is 5.99. The van der Waals surface area contributed by atoms with Gasteiger partial charge in [0.2, 0.25) is 10.0 Å². The summed E-state index contributed by atoms with van der Waals surface area (Å²) in [4.78, 5) is 4.99. The van der Waals surface area contributed by atoms with Gasteiger partial charge in [0.15, 0.2) is 0 Å². The smallest absolute Gasteiger partial charge is 0.211 e. The molecule has 134 valence electrons. The van der Waals surface area contributed by atoms with Gasteiger partial charge in [-0.25, -0.2) is 8.42 Å². The molecular weight excluding hydrogens is 310 g/mol. The second-order valence-electron chi connectivity index (χ2n) is 7.65. The summed E-state index contributed by atoms with van der Waals surface area (Å²) in [7, 11) is -3.12. The highest BCUT2D eigenvalue weighted by Gasteiger charge is 2.34. The predicted octanol–water partition coefficient (Wildman–Crippen LogP) is 1.75. The van der Waals surface area contributed by atoms with Crippen molar-refractivity contribution in [2.24, 2.45) is 0 Å². The lowest BCUT2D eigenvalue weighted by Gasteiger charge is -2.45. The molecule has 0 spiro atoms. The second-order valence-corrected chi connectivity index (χ2v) is 9.59. The van der Waals surface area contributed by atoms with E-state index in [0.717, 1.165) is 51.6 Å². The van der Waals surface area contributed by atoms with Gasteiger partial charge in [0.25, 0.3) is 0 Å². The molecule has 0 bridgehead atoms. The Hall–Kier alpha value is -0.170. The third-order valence-corrected chi connectivity index (χ3v) is 7.27. The van der Waals surface area contributed by atoms with Crippen LogP contribution in [0.4, 0.5) is 0 Å². The molecule has 1 unspecified atom stereocenters. The summed E-state index contributed by atoms with van der Waals surface area (Å²) in [6.07, 6.45) is 11.4. The monoisotopic (exact) mass is 343 g/mol. The van der Waals surface area contributed by atoms with Gasteiger partial charge < -0.3 is 4.90 Å². The van der Waals surface area contributed by atoms with E-state index in [1.165, 1.54) is 44.8 Å². The molecule has 0 N–H and O–H groups in total. The predicted molar refractivity (Wildman–Crippen MR) is 94.1 cm³/mol. The zero-order valence-corrected chi connectivity index (χ0v) is 15.4. The van der Waals surface area contributed by atoms with Crippen LogP contribution in [0.5, 0.6) is 0 Å². The molecule has 1 atom stereocenters. The van der Waals surface area contributed by atoms with Gasteiger partial charge in [-0.05, 0) is 58.2 Å². The average molecular weight is 344 g/mol. The first-order valence-electron chi connectivity index (χ1n) is 9.47. The van der Waals surface area contributed by atoms with Gasteiger partial charge in [-0.15, -0.1) is 0 Å². The van der Waals surface area contributed by atoms with Gasteiger partial charge in [0.05, 0.1) is 6.26 Å². The minimum Gasteiger partial charge on any atom is -0.302 e. The van der Waals surface area contributed by atoms with E-state index in [-0.39, 0.29) is 6.04 Å². The molecule has 2 aliphatic heterocycles. The Labute approximate surface area is 142 Å². The first kappa shape index (κ1) is 17.6. The lowest BCUT2D eigenvalue weighted by molar-refractivity contribution is 0.0658. The van der Waals surface area contributed by atoms with Gasteiger partial charge >= 0.3 is 0 Å². The van der Waals surface area contributed by atoms with Crippen molar-refractivity contribution < 1.29 is 8.42 Å². The highest BCUT2D eigenvalue weighted by molar-refractivity contribution is 7.88. The molecule has 0 aromatic rings. The van der Waals surface area contributed by atoms with Crippen molar-refractivity contribution >= 4 is 10.0 Å². The molecule has 0 aromatic heterocycles. The van der Waals surface area contributed by atoms with Gasteiger partial charge in [0.1, 0.15) is 0 Å². The fraction of sp³-hybridized carbons (Fsp3) is 1.00. The topological polar surface area (TPSA) is 43.9 Å². The maximum Gasteiger partial charge on any atom is 0.211 e. The van der Waals surface area contributed by atoms with Crippen LogP contribution in [0.1, 0.15) is 51.4 Å². The first-order valence-corrected chi connectivity index (χ1v) is 11.3. The molecule has 1 aliphatic carbocycles. The second kappa shape index (κ2) is 7.81. The van der Waals surface area contributed by atoms with Crippen molar-refractivity contribution in [2.45, 2.75) is 63.5 Å². The molecule has 23 heavy (non-hydrogen) atoms. The molecule has 3 rings (SSSR count). The molecular formula is C17H33N3O2S. The normalized spacial score (nSPS) is 28.9. The summed E-state index contributed by atoms with van der Waals surface area (Å²) >= 11 is 0. The fourth-order valence-electron chi connectivity index (χ4n) is 4.34. The highest BCUT2D eigenvalue weighted by Crippen LogP contribution is 2.29. The van der Waals surface area contributed by atoms with E-state index in [0.29, 0.717) is 6.54 Å². The Morgan fingerprint density at radius 2 is 1.70 bits per heavy atom. The highest BCUT2D eigenvalue weighted by atomic mass is 32.2. The number of likely N-dealkylation sites (tertiary alicyclic amines) is 2. The maximum atomic E-state index is 12.4. The fourth-order valence-corrected chi connectivity index (χ4v) is 5.47. The van der Waals surface area contributed by atoms with Crippen molar-refractivity contribution in [3.8, 4) is 0 Å². The molecule has 3 fully saturated rings. The van der Waals surface area contributed by atoms with E-state index in [4.69, 9.17) is 0 Å². The lowest BCUT2D eigenvalue weighted by Crippen LogP contribution is -2.55. The molecule has 2 heterocycles. The molecule has 0 radical (unpaired) electrons. The Morgan fingerprint density at radius 3 is 2.30 bits per heavy atom. The van der Waals surface area contributed by atoms with Gasteiger partial charge in [-0.2, -0.15) is 4.31 Å². The molecule has 5 nitrogen and oxygen atoms in total. The number of rotatable bonds is 6. The zero-order chi connectivity index (χ0) is 16.3. The molecule has 0 aromatic carbocycles. The molecule has 1 saturated carbocycles. The van der Waals surface area contributed by atoms with Crippen molar-refractivity contribution in [3.63, 3.8) is 0 Å². The summed E-state index contributed by atoms with van der Waals surface area (Å²) in [5.74, 6) is 0. The first-order chi connectivity index (χ1) is 11.0. The zero-order valence-electron chi connectivity index (χ0n) is 14.6. The number of sulfonamides is 1. The Balaban J connectivity index is 1.58. The SMILES string of the molecule is CS(=O)(=O)N(CCN1CCCCC1)C1CCCN(C2CCC2)C1. The van der Waals surface area contributed by atoms with Crippen molar-refractivity contribution in [3.05, 3.63) is 0 Å². The van der Waals surface area contributed by atoms with Gasteiger partial charge in [-0.1, -0.05) is 12.8 Å². The van der Waals surface area contributed by atoms with Crippen LogP contribution in [-0.2, 0) is 10.0 Å². The third-order valence-electron chi connectivity index (χ3n) is 5.94. The summed E-state index contributed by atoms with van der Waals surface area (Å²) in [6, 6.07) is 0.908. The van der Waals surface area contributed by atoms with Gasteiger partial charge in [0, 0.05) is 31.7 Å². The van der Waals surface area contributed by atoms with Crippen LogP contribution in [0.15, 0.2) is 0 Å². The van der Waals surface area contributed by atoms with Gasteiger partial charge in [-0.3, -0.25) is 4.90 Å². The van der Waals surface area contributed by atoms with Crippen LogP contribution < -0.4 is 0 Å². The minimum absolute atomic E-state index is 0.184. The Morgan fingerprint density at radius 1 is 0.957 bits per heavy atom. The molecule has 2 saturated heterocycles. The third kappa shape index (κ3) is 4.68. The largest absolute Gasteiger partial charge is 0.302 e. The molecule has 3 aliphatic rings. The molecule has 6 heteroatoms. The van der Waals surface area contributed by atoms with Crippen LogP contribution >= 0.6 is 0 Å². The average Bonchev–Trinajstić information content (AvgIpc) is 2.46. The van der Waals surface area contributed by atoms with Crippen LogP contribution in [-0.4, -0.2) is 80.1 Å². The maximum absolute atomic E-state index is 12.4. The number of nitrogens with zero attached hydrogens (tertiary/aromatic N) is 3. The summed E-state index contributed by atoms with van der Waals surface area (Å²) in [5.41, 5.74) is 0. The van der Waals surface area contributed by atoms with E-state index in [9.17, 15) is 8.42 Å². The standard InChI is InChI=1S/C17H33N3O2S/c1-23(21,22)20(14-13-18-10-3-2-4-11-18)17-9-6-12-19(15-17)16-7-5-8-16/h16-17H,2-15H2,1H3.